The molecule has 2 rings (SSSR count). The zero-order chi connectivity index (χ0) is 13.9. The maximum Gasteiger partial charge on any atom is 0.271 e. The van der Waals surface area contributed by atoms with Crippen molar-refractivity contribution in [2.75, 3.05) is 11.8 Å². The first kappa shape index (κ1) is 14.0. The molecule has 0 radical (unpaired) electrons. The lowest BCUT2D eigenvalue weighted by Gasteiger charge is -2.05. The largest absolute Gasteiger partial charge is 0.315 e. The summed E-state index contributed by atoms with van der Waals surface area (Å²) in [4.78, 5) is 4.88. The summed E-state index contributed by atoms with van der Waals surface area (Å²) in [5.74, 6) is 0. The van der Waals surface area contributed by atoms with Crippen molar-refractivity contribution in [2.45, 2.75) is 17.7 Å². The zero-order valence-corrected chi connectivity index (χ0v) is 12.3. The fourth-order valence-electron chi connectivity index (χ4n) is 1.58. The Morgan fingerprint density at radius 3 is 2.63 bits per heavy atom. The van der Waals surface area contributed by atoms with Crippen LogP contribution in [0.1, 0.15) is 10.4 Å². The molecular weight excluding hydrogens is 282 g/mol. The maximum atomic E-state index is 12.2. The van der Waals surface area contributed by atoms with Crippen LogP contribution in [0.4, 0.5) is 5.69 Å². The highest BCUT2D eigenvalue weighted by molar-refractivity contribution is 7.94. The molecule has 0 aliphatic heterocycles. The number of pyridine rings is 1. The van der Waals surface area contributed by atoms with E-state index < -0.39 is 10.0 Å². The summed E-state index contributed by atoms with van der Waals surface area (Å²) in [5.41, 5.74) is 1.49. The van der Waals surface area contributed by atoms with E-state index in [4.69, 9.17) is 0 Å². The highest BCUT2D eigenvalue weighted by atomic mass is 32.2. The van der Waals surface area contributed by atoms with Crippen molar-refractivity contribution >= 4 is 27.0 Å². The first-order valence-electron chi connectivity index (χ1n) is 5.69. The number of nitrogens with one attached hydrogen (secondary N) is 2. The molecule has 0 saturated heterocycles. The smallest absolute Gasteiger partial charge is 0.271 e. The predicted molar refractivity (Wildman–Crippen MR) is 76.9 cm³/mol. The summed E-state index contributed by atoms with van der Waals surface area (Å²) >= 11 is 1.28. The topological polar surface area (TPSA) is 71.1 Å². The van der Waals surface area contributed by atoms with Crippen LogP contribution in [-0.4, -0.2) is 20.4 Å². The van der Waals surface area contributed by atoms with Crippen LogP contribution in [0.3, 0.4) is 0 Å². The molecule has 0 bridgehead atoms. The van der Waals surface area contributed by atoms with Gasteiger partial charge in [-0.2, -0.15) is 0 Å². The lowest BCUT2D eigenvalue weighted by atomic mass is 10.3. The Kier molecular flexibility index (Phi) is 4.18. The van der Waals surface area contributed by atoms with Crippen LogP contribution < -0.4 is 10.0 Å². The average molecular weight is 297 g/mol. The van der Waals surface area contributed by atoms with Gasteiger partial charge >= 0.3 is 0 Å². The van der Waals surface area contributed by atoms with E-state index in [0.717, 1.165) is 10.4 Å². The second kappa shape index (κ2) is 5.68. The molecule has 0 aliphatic carbocycles. The third-order valence-corrected chi connectivity index (χ3v) is 5.62. The first-order chi connectivity index (χ1) is 9.03. The highest BCUT2D eigenvalue weighted by Crippen LogP contribution is 2.27. The number of aromatic nitrogens is 1. The molecule has 0 unspecified atom stereocenters. The van der Waals surface area contributed by atoms with Crippen molar-refractivity contribution in [1.82, 2.24) is 10.3 Å². The number of rotatable bonds is 5. The van der Waals surface area contributed by atoms with E-state index in [1.54, 1.807) is 30.6 Å². The molecule has 0 saturated carbocycles. The Morgan fingerprint density at radius 2 is 2.00 bits per heavy atom. The van der Waals surface area contributed by atoms with Crippen LogP contribution in [0, 0.1) is 6.92 Å². The molecule has 2 aromatic rings. The van der Waals surface area contributed by atoms with Gasteiger partial charge in [-0.15, -0.1) is 11.3 Å². The highest BCUT2D eigenvalue weighted by Gasteiger charge is 2.18. The number of aryl methyl sites for hydroxylation is 1. The van der Waals surface area contributed by atoms with Crippen molar-refractivity contribution in [1.29, 1.82) is 0 Å². The zero-order valence-electron chi connectivity index (χ0n) is 10.7. The lowest BCUT2D eigenvalue weighted by Crippen LogP contribution is -2.11. The normalized spacial score (nSPS) is 11.5. The van der Waals surface area contributed by atoms with E-state index in [1.165, 1.54) is 11.3 Å². The third kappa shape index (κ3) is 3.31. The van der Waals surface area contributed by atoms with E-state index in [0.29, 0.717) is 16.4 Å². The molecular formula is C12H15N3O2S2. The number of hydrogen-bond acceptors (Lipinski definition) is 5. The Labute approximate surface area is 116 Å². The molecule has 0 fully saturated rings. The summed E-state index contributed by atoms with van der Waals surface area (Å²) in [6, 6.07) is 4.93. The predicted octanol–water partition coefficient (Wildman–Crippen LogP) is 1.97. The quantitative estimate of drug-likeness (QED) is 0.885. The van der Waals surface area contributed by atoms with Crippen LogP contribution in [-0.2, 0) is 16.6 Å². The molecule has 19 heavy (non-hydrogen) atoms. The Morgan fingerprint density at radius 1 is 1.32 bits per heavy atom. The molecule has 0 aliphatic rings. The van der Waals surface area contributed by atoms with E-state index in [9.17, 15) is 8.42 Å². The number of sulfonamides is 1. The first-order valence-corrected chi connectivity index (χ1v) is 7.99. The molecule has 0 spiro atoms. The monoisotopic (exact) mass is 297 g/mol. The minimum atomic E-state index is -3.52. The summed E-state index contributed by atoms with van der Waals surface area (Å²) in [6.07, 6.45) is 3.09. The molecule has 2 N–H and O–H groups in total. The van der Waals surface area contributed by atoms with E-state index in [-0.39, 0.29) is 0 Å². The minimum Gasteiger partial charge on any atom is -0.315 e. The van der Waals surface area contributed by atoms with Crippen molar-refractivity contribution < 1.29 is 8.42 Å². The standard InChI is InChI=1S/C12H15N3O2S2/c1-9-7-12(18-11(9)8-13-2)19(16,17)15-10-3-5-14-6-4-10/h3-7,13H,8H2,1-2H3,(H,14,15). The minimum absolute atomic E-state index is 0.326. The van der Waals surface area contributed by atoms with E-state index in [1.807, 2.05) is 14.0 Å². The molecule has 102 valence electrons. The van der Waals surface area contributed by atoms with Crippen molar-refractivity contribution in [3.8, 4) is 0 Å². The lowest BCUT2D eigenvalue weighted by molar-refractivity contribution is 0.603. The number of anilines is 1. The van der Waals surface area contributed by atoms with Crippen LogP contribution >= 0.6 is 11.3 Å². The Hall–Kier alpha value is -1.44. The van der Waals surface area contributed by atoms with Gasteiger partial charge in [-0.3, -0.25) is 9.71 Å². The van der Waals surface area contributed by atoms with Gasteiger partial charge in [-0.05, 0) is 37.7 Å². The number of hydrogen-bond donors (Lipinski definition) is 2. The van der Waals surface area contributed by atoms with Gasteiger partial charge in [0, 0.05) is 23.8 Å². The van der Waals surface area contributed by atoms with Crippen molar-refractivity contribution in [3.05, 3.63) is 41.0 Å². The van der Waals surface area contributed by atoms with Gasteiger partial charge in [0.1, 0.15) is 4.21 Å². The van der Waals surface area contributed by atoms with Crippen LogP contribution in [0.25, 0.3) is 0 Å². The summed E-state index contributed by atoms with van der Waals surface area (Å²) in [7, 11) is -1.68. The summed E-state index contributed by atoms with van der Waals surface area (Å²) in [6.45, 7) is 2.58. The molecule has 0 atom stereocenters. The molecule has 5 nitrogen and oxygen atoms in total. The van der Waals surface area contributed by atoms with Gasteiger partial charge in [0.2, 0.25) is 0 Å². The fourth-order valence-corrected chi connectivity index (χ4v) is 4.24. The van der Waals surface area contributed by atoms with Gasteiger partial charge in [0.05, 0.1) is 5.69 Å². The van der Waals surface area contributed by atoms with Crippen molar-refractivity contribution in [3.63, 3.8) is 0 Å². The number of nitrogens with zero attached hydrogens (tertiary/aromatic N) is 1. The molecule has 2 aromatic heterocycles. The Bertz CT molecular complexity index is 651. The van der Waals surface area contributed by atoms with Crippen LogP contribution in [0.2, 0.25) is 0 Å². The van der Waals surface area contributed by atoms with E-state index >= 15 is 0 Å². The SMILES string of the molecule is CNCc1sc(S(=O)(=O)Nc2ccncc2)cc1C. The van der Waals surface area contributed by atoms with Crippen LogP contribution in [0.15, 0.2) is 34.8 Å². The molecule has 0 aromatic carbocycles. The summed E-state index contributed by atoms with van der Waals surface area (Å²) < 4.78 is 27.3. The fraction of sp³-hybridized carbons (Fsp3) is 0.250. The van der Waals surface area contributed by atoms with Crippen LogP contribution in [0.5, 0.6) is 0 Å². The molecule has 0 amide bonds. The van der Waals surface area contributed by atoms with Gasteiger partial charge in [-0.25, -0.2) is 8.42 Å². The molecule has 2 heterocycles. The summed E-state index contributed by atoms with van der Waals surface area (Å²) in [5, 5.41) is 3.03. The van der Waals surface area contributed by atoms with Gasteiger partial charge in [0.25, 0.3) is 10.0 Å². The van der Waals surface area contributed by atoms with Crippen molar-refractivity contribution in [2.24, 2.45) is 0 Å². The third-order valence-electron chi connectivity index (χ3n) is 2.53. The Balaban J connectivity index is 2.27. The number of thiophene rings is 1. The second-order valence-corrected chi connectivity index (χ2v) is 7.09. The second-order valence-electron chi connectivity index (χ2n) is 4.04. The maximum absolute atomic E-state index is 12.2. The van der Waals surface area contributed by atoms with E-state index in [2.05, 4.69) is 15.0 Å². The molecule has 7 heteroatoms. The van der Waals surface area contributed by atoms with Gasteiger partial charge in [-0.1, -0.05) is 0 Å². The van der Waals surface area contributed by atoms with Gasteiger partial charge in [0.15, 0.2) is 0 Å². The average Bonchev–Trinajstić information content (AvgIpc) is 2.73. The van der Waals surface area contributed by atoms with Gasteiger partial charge < -0.3 is 5.32 Å².